The van der Waals surface area contributed by atoms with Crippen LogP contribution in [0.4, 0.5) is 4.39 Å². The molecule has 4 nitrogen and oxygen atoms in total. The highest BCUT2D eigenvalue weighted by Gasteiger charge is 2.27. The summed E-state index contributed by atoms with van der Waals surface area (Å²) in [6.07, 6.45) is 0. The average Bonchev–Trinajstić information content (AvgIpc) is 2.39. The minimum Gasteiger partial charge on any atom is -0.392 e. The van der Waals surface area contributed by atoms with Crippen LogP contribution in [0.3, 0.4) is 0 Å². The van der Waals surface area contributed by atoms with E-state index in [-0.39, 0.29) is 28.0 Å². The fourth-order valence-electron chi connectivity index (χ4n) is 1.64. The Morgan fingerprint density at radius 2 is 1.90 bits per heavy atom. The van der Waals surface area contributed by atoms with Gasteiger partial charge in [0.1, 0.15) is 5.82 Å². The maximum absolute atomic E-state index is 13.8. The van der Waals surface area contributed by atoms with Gasteiger partial charge in [-0.25, -0.2) is 17.5 Å². The molecular formula is C15H24FNO3S. The maximum atomic E-state index is 13.8. The molecule has 120 valence electrons. The second kappa shape index (κ2) is 6.42. The van der Waals surface area contributed by atoms with E-state index in [2.05, 4.69) is 4.72 Å². The van der Waals surface area contributed by atoms with Gasteiger partial charge in [-0.1, -0.05) is 27.7 Å². The second-order valence-electron chi connectivity index (χ2n) is 6.33. The molecule has 6 heteroatoms. The minimum atomic E-state index is -3.81. The highest BCUT2D eigenvalue weighted by atomic mass is 32.2. The molecule has 0 amide bonds. The van der Waals surface area contributed by atoms with E-state index in [9.17, 15) is 12.8 Å². The van der Waals surface area contributed by atoms with Gasteiger partial charge in [-0.3, -0.25) is 0 Å². The number of nitrogens with one attached hydrogen (secondary N) is 1. The number of rotatable bonds is 6. The molecule has 0 aliphatic carbocycles. The molecule has 1 aromatic rings. The summed E-state index contributed by atoms with van der Waals surface area (Å²) < 4.78 is 41.1. The van der Waals surface area contributed by atoms with E-state index < -0.39 is 22.4 Å². The van der Waals surface area contributed by atoms with Gasteiger partial charge in [0.25, 0.3) is 0 Å². The summed E-state index contributed by atoms with van der Waals surface area (Å²) in [5.41, 5.74) is 0.0809. The van der Waals surface area contributed by atoms with Crippen molar-refractivity contribution in [1.29, 1.82) is 0 Å². The van der Waals surface area contributed by atoms with Gasteiger partial charge in [-0.2, -0.15) is 0 Å². The third-order valence-electron chi connectivity index (χ3n) is 4.11. The summed E-state index contributed by atoms with van der Waals surface area (Å²) in [6, 6.07) is 2.45. The monoisotopic (exact) mass is 317 g/mol. The van der Waals surface area contributed by atoms with Crippen LogP contribution in [-0.4, -0.2) is 20.1 Å². The molecule has 0 aromatic heterocycles. The van der Waals surface area contributed by atoms with Gasteiger partial charge in [0.15, 0.2) is 0 Å². The van der Waals surface area contributed by atoms with Crippen LogP contribution < -0.4 is 4.72 Å². The summed E-state index contributed by atoms with van der Waals surface area (Å²) in [4.78, 5) is -0.119. The lowest BCUT2D eigenvalue weighted by atomic mass is 9.81. The number of aliphatic hydroxyl groups is 1. The van der Waals surface area contributed by atoms with Gasteiger partial charge >= 0.3 is 0 Å². The topological polar surface area (TPSA) is 66.4 Å². The molecule has 0 aliphatic heterocycles. The molecule has 0 unspecified atom stereocenters. The van der Waals surface area contributed by atoms with Gasteiger partial charge in [0.05, 0.1) is 11.5 Å². The van der Waals surface area contributed by atoms with Crippen LogP contribution in [0.1, 0.15) is 38.8 Å². The largest absolute Gasteiger partial charge is 0.392 e. The Morgan fingerprint density at radius 3 is 2.38 bits per heavy atom. The molecule has 0 heterocycles. The molecular weight excluding hydrogens is 293 g/mol. The minimum absolute atomic E-state index is 0.0575. The van der Waals surface area contributed by atoms with Crippen LogP contribution in [0, 0.1) is 24.1 Å². The lowest BCUT2D eigenvalue weighted by Crippen LogP contribution is -2.37. The van der Waals surface area contributed by atoms with Gasteiger partial charge in [0.2, 0.25) is 10.0 Å². The number of sulfonamides is 1. The van der Waals surface area contributed by atoms with Gasteiger partial charge in [0, 0.05) is 12.1 Å². The fourth-order valence-corrected chi connectivity index (χ4v) is 3.16. The van der Waals surface area contributed by atoms with E-state index >= 15 is 0 Å². The molecule has 2 N–H and O–H groups in total. The molecule has 0 radical (unpaired) electrons. The summed E-state index contributed by atoms with van der Waals surface area (Å²) in [6.45, 7) is 9.25. The summed E-state index contributed by atoms with van der Waals surface area (Å²) in [7, 11) is -3.81. The molecule has 0 saturated carbocycles. The number of hydrogen-bond acceptors (Lipinski definition) is 3. The average molecular weight is 317 g/mol. The maximum Gasteiger partial charge on any atom is 0.240 e. The first-order valence-corrected chi connectivity index (χ1v) is 8.39. The zero-order chi connectivity index (χ0) is 16.4. The molecule has 0 aliphatic rings. The van der Waals surface area contributed by atoms with Crippen molar-refractivity contribution in [1.82, 2.24) is 4.72 Å². The van der Waals surface area contributed by atoms with Crippen molar-refractivity contribution in [2.45, 2.75) is 46.1 Å². The van der Waals surface area contributed by atoms with Crippen LogP contribution in [0.2, 0.25) is 0 Å². The lowest BCUT2D eigenvalue weighted by Gasteiger charge is -2.29. The Labute approximate surface area is 126 Å². The molecule has 1 aromatic carbocycles. The molecule has 21 heavy (non-hydrogen) atoms. The van der Waals surface area contributed by atoms with Crippen molar-refractivity contribution >= 4 is 10.0 Å². The van der Waals surface area contributed by atoms with Crippen LogP contribution in [0.5, 0.6) is 0 Å². The smallest absolute Gasteiger partial charge is 0.240 e. The van der Waals surface area contributed by atoms with Gasteiger partial charge in [-0.05, 0) is 36.0 Å². The third-order valence-corrected chi connectivity index (χ3v) is 5.64. The van der Waals surface area contributed by atoms with E-state index in [0.29, 0.717) is 5.92 Å². The second-order valence-corrected chi connectivity index (χ2v) is 8.06. The lowest BCUT2D eigenvalue weighted by molar-refractivity contribution is 0.252. The standard InChI is InChI=1S/C15H24FNO3S/c1-10(2)15(4,5)9-17-21(19,20)14-7-12(8-18)6-13(16)11(14)3/h6-7,10,17-18H,8-9H2,1-5H3. The van der Waals surface area contributed by atoms with Crippen molar-refractivity contribution in [3.8, 4) is 0 Å². The van der Waals surface area contributed by atoms with Crippen molar-refractivity contribution in [2.75, 3.05) is 6.54 Å². The van der Waals surface area contributed by atoms with Crippen molar-refractivity contribution < 1.29 is 17.9 Å². The first-order chi connectivity index (χ1) is 9.51. The van der Waals surface area contributed by atoms with E-state index in [1.165, 1.54) is 13.0 Å². The fraction of sp³-hybridized carbons (Fsp3) is 0.600. The Balaban J connectivity index is 3.12. The highest BCUT2D eigenvalue weighted by Crippen LogP contribution is 2.26. The molecule has 0 fully saturated rings. The Bertz CT molecular complexity index is 610. The summed E-state index contributed by atoms with van der Waals surface area (Å²) in [5, 5.41) is 9.09. The highest BCUT2D eigenvalue weighted by molar-refractivity contribution is 7.89. The number of aliphatic hydroxyl groups excluding tert-OH is 1. The van der Waals surface area contributed by atoms with Gasteiger partial charge < -0.3 is 5.11 Å². The van der Waals surface area contributed by atoms with E-state index in [0.717, 1.165) is 6.07 Å². The SMILES string of the molecule is Cc1c(F)cc(CO)cc1S(=O)(=O)NCC(C)(C)C(C)C. The Hall–Kier alpha value is -0.980. The molecule has 0 saturated heterocycles. The summed E-state index contributed by atoms with van der Waals surface area (Å²) in [5.74, 6) is -0.341. The van der Waals surface area contributed by atoms with E-state index in [1.807, 2.05) is 27.7 Å². The Kier molecular flexibility index (Phi) is 5.52. The zero-order valence-corrected chi connectivity index (χ0v) is 14.0. The van der Waals surface area contributed by atoms with Crippen molar-refractivity contribution in [2.24, 2.45) is 11.3 Å². The van der Waals surface area contributed by atoms with Crippen LogP contribution >= 0.6 is 0 Å². The molecule has 0 spiro atoms. The molecule has 0 bridgehead atoms. The predicted octanol–water partition coefficient (Wildman–Crippen LogP) is 2.59. The van der Waals surface area contributed by atoms with E-state index in [1.54, 1.807) is 0 Å². The first-order valence-electron chi connectivity index (χ1n) is 6.91. The first kappa shape index (κ1) is 18.1. The molecule has 0 atom stereocenters. The van der Waals surface area contributed by atoms with Gasteiger partial charge in [-0.15, -0.1) is 0 Å². The quantitative estimate of drug-likeness (QED) is 0.847. The number of benzene rings is 1. The normalized spacial score (nSPS) is 13.0. The van der Waals surface area contributed by atoms with Crippen LogP contribution in [0.25, 0.3) is 0 Å². The van der Waals surface area contributed by atoms with Crippen LogP contribution in [0.15, 0.2) is 17.0 Å². The van der Waals surface area contributed by atoms with Crippen molar-refractivity contribution in [3.05, 3.63) is 29.1 Å². The van der Waals surface area contributed by atoms with Crippen molar-refractivity contribution in [3.63, 3.8) is 0 Å². The predicted molar refractivity (Wildman–Crippen MR) is 80.9 cm³/mol. The van der Waals surface area contributed by atoms with E-state index in [4.69, 9.17) is 5.11 Å². The summed E-state index contributed by atoms with van der Waals surface area (Å²) >= 11 is 0. The Morgan fingerprint density at radius 1 is 1.33 bits per heavy atom. The third kappa shape index (κ3) is 4.25. The zero-order valence-electron chi connectivity index (χ0n) is 13.2. The van der Waals surface area contributed by atoms with Crippen LogP contribution in [-0.2, 0) is 16.6 Å². The molecule has 1 rings (SSSR count). The number of halogens is 1. The number of hydrogen-bond donors (Lipinski definition) is 2.